The Morgan fingerprint density at radius 3 is 3.05 bits per heavy atom. The molecule has 2 rings (SSSR count). The van der Waals surface area contributed by atoms with Crippen molar-refractivity contribution in [1.29, 1.82) is 0 Å². The van der Waals surface area contributed by atoms with E-state index in [0.717, 1.165) is 17.7 Å². The number of hydrogen-bond acceptors (Lipinski definition) is 5. The summed E-state index contributed by atoms with van der Waals surface area (Å²) in [7, 11) is 1.64. The summed E-state index contributed by atoms with van der Waals surface area (Å²) in [5.74, 6) is 1.14. The topological polar surface area (TPSA) is 79.9 Å². The van der Waals surface area contributed by atoms with E-state index in [2.05, 4.69) is 20.5 Å². The smallest absolute Gasteiger partial charge is 0.230 e. The van der Waals surface area contributed by atoms with Gasteiger partial charge in [-0.15, -0.1) is 0 Å². The fourth-order valence-electron chi connectivity index (χ4n) is 1.69. The molecule has 2 N–H and O–H groups in total. The van der Waals surface area contributed by atoms with Gasteiger partial charge in [0.05, 0.1) is 12.9 Å². The first-order chi connectivity index (χ1) is 9.79. The molecule has 0 saturated carbocycles. The van der Waals surface area contributed by atoms with E-state index in [0.29, 0.717) is 17.5 Å². The number of methoxy groups -OCH3 is 1. The molecule has 6 nitrogen and oxygen atoms in total. The predicted molar refractivity (Wildman–Crippen MR) is 76.8 cm³/mol. The lowest BCUT2D eigenvalue weighted by Gasteiger charge is -2.08. The summed E-state index contributed by atoms with van der Waals surface area (Å²) in [4.78, 5) is 15.6. The average molecular weight is 292 g/mol. The zero-order chi connectivity index (χ0) is 14.2. The molecule has 0 aliphatic rings. The maximum absolute atomic E-state index is 11.7. The van der Waals surface area contributed by atoms with Gasteiger partial charge in [0.25, 0.3) is 0 Å². The number of carbonyl (C=O) groups is 1. The highest BCUT2D eigenvalue weighted by atomic mass is 32.2. The van der Waals surface area contributed by atoms with Crippen molar-refractivity contribution in [3.05, 3.63) is 36.2 Å². The van der Waals surface area contributed by atoms with Crippen LogP contribution in [0.25, 0.3) is 0 Å². The lowest BCUT2D eigenvalue weighted by molar-refractivity contribution is -0.118. The molecule has 0 radical (unpaired) electrons. The zero-order valence-corrected chi connectivity index (χ0v) is 11.9. The molecule has 1 aromatic carbocycles. The second-order valence-electron chi connectivity index (χ2n) is 3.99. The molecule has 7 heteroatoms. The number of thioether (sulfide) groups is 1. The Kier molecular flexibility index (Phi) is 5.43. The lowest BCUT2D eigenvalue weighted by Crippen LogP contribution is -2.27. The molecule has 1 heterocycles. The van der Waals surface area contributed by atoms with Gasteiger partial charge in [0, 0.05) is 6.54 Å². The highest BCUT2D eigenvalue weighted by Gasteiger charge is 2.05. The number of nitrogens with one attached hydrogen (secondary N) is 2. The second kappa shape index (κ2) is 7.54. The quantitative estimate of drug-likeness (QED) is 0.751. The standard InChI is InChI=1S/C13H16N4O2S/c1-19-11-5-3-2-4-10(11)6-7-14-12(18)8-20-13-15-9-16-17-13/h2-5,9H,6-8H2,1H3,(H,14,18)(H,15,16,17). The van der Waals surface area contributed by atoms with Crippen LogP contribution in [0.4, 0.5) is 0 Å². The molecule has 1 aromatic heterocycles. The third kappa shape index (κ3) is 4.27. The number of H-pyrrole nitrogens is 1. The van der Waals surface area contributed by atoms with E-state index in [1.54, 1.807) is 7.11 Å². The monoisotopic (exact) mass is 292 g/mol. The molecule has 0 bridgehead atoms. The van der Waals surface area contributed by atoms with Crippen molar-refractivity contribution >= 4 is 17.7 Å². The van der Waals surface area contributed by atoms with Crippen molar-refractivity contribution in [1.82, 2.24) is 20.5 Å². The Hall–Kier alpha value is -2.02. The molecule has 106 valence electrons. The number of hydrogen-bond donors (Lipinski definition) is 2. The Balaban J connectivity index is 1.71. The van der Waals surface area contributed by atoms with Gasteiger partial charge >= 0.3 is 0 Å². The van der Waals surface area contributed by atoms with Crippen molar-refractivity contribution in [3.8, 4) is 5.75 Å². The third-order valence-corrected chi connectivity index (χ3v) is 3.52. The summed E-state index contributed by atoms with van der Waals surface area (Å²) in [5, 5.41) is 9.92. The van der Waals surface area contributed by atoms with Gasteiger partial charge in [-0.05, 0) is 18.1 Å². The van der Waals surface area contributed by atoms with Crippen LogP contribution in [0.5, 0.6) is 5.75 Å². The summed E-state index contributed by atoms with van der Waals surface area (Å²) in [5.41, 5.74) is 1.08. The van der Waals surface area contributed by atoms with Gasteiger partial charge < -0.3 is 10.1 Å². The SMILES string of the molecule is COc1ccccc1CCNC(=O)CSc1ncn[nH]1. The second-order valence-corrected chi connectivity index (χ2v) is 4.96. The number of amides is 1. The van der Waals surface area contributed by atoms with Gasteiger partial charge in [-0.2, -0.15) is 5.10 Å². The molecule has 0 aliphatic carbocycles. The normalized spacial score (nSPS) is 10.2. The van der Waals surface area contributed by atoms with Crippen LogP contribution in [0.2, 0.25) is 0 Å². The molecule has 2 aromatic rings. The van der Waals surface area contributed by atoms with Crippen molar-refractivity contribution < 1.29 is 9.53 Å². The number of aromatic nitrogens is 3. The minimum absolute atomic E-state index is 0.0266. The molecule has 20 heavy (non-hydrogen) atoms. The molecular formula is C13H16N4O2S. The highest BCUT2D eigenvalue weighted by molar-refractivity contribution is 7.99. The van der Waals surface area contributed by atoms with Crippen molar-refractivity contribution in [2.45, 2.75) is 11.6 Å². The van der Waals surface area contributed by atoms with Crippen LogP contribution in [0, 0.1) is 0 Å². The van der Waals surface area contributed by atoms with E-state index in [-0.39, 0.29) is 5.91 Å². The van der Waals surface area contributed by atoms with Crippen LogP contribution >= 0.6 is 11.8 Å². The van der Waals surface area contributed by atoms with Crippen molar-refractivity contribution in [2.75, 3.05) is 19.4 Å². The van der Waals surface area contributed by atoms with E-state index >= 15 is 0 Å². The van der Waals surface area contributed by atoms with E-state index in [9.17, 15) is 4.79 Å². The largest absolute Gasteiger partial charge is 0.496 e. The van der Waals surface area contributed by atoms with Gasteiger partial charge in [-0.3, -0.25) is 9.89 Å². The average Bonchev–Trinajstić information content (AvgIpc) is 2.99. The molecule has 0 fully saturated rings. The highest BCUT2D eigenvalue weighted by Crippen LogP contribution is 2.17. The first-order valence-electron chi connectivity index (χ1n) is 6.16. The fourth-order valence-corrected chi connectivity index (χ4v) is 2.30. The summed E-state index contributed by atoms with van der Waals surface area (Å²) < 4.78 is 5.26. The maximum atomic E-state index is 11.7. The Morgan fingerprint density at radius 2 is 2.30 bits per heavy atom. The number of nitrogens with zero attached hydrogens (tertiary/aromatic N) is 2. The van der Waals surface area contributed by atoms with Gasteiger partial charge in [0.1, 0.15) is 12.1 Å². The van der Waals surface area contributed by atoms with Gasteiger partial charge in [-0.1, -0.05) is 30.0 Å². The Labute approximate surface area is 121 Å². The number of ether oxygens (including phenoxy) is 1. The summed E-state index contributed by atoms with van der Waals surface area (Å²) in [6.45, 7) is 0.580. The molecule has 1 amide bonds. The molecule has 0 atom stereocenters. The van der Waals surface area contributed by atoms with Crippen molar-refractivity contribution in [3.63, 3.8) is 0 Å². The minimum atomic E-state index is -0.0266. The molecule has 0 unspecified atom stereocenters. The number of benzene rings is 1. The molecular weight excluding hydrogens is 276 g/mol. The maximum Gasteiger partial charge on any atom is 0.230 e. The van der Waals surface area contributed by atoms with E-state index in [4.69, 9.17) is 4.74 Å². The van der Waals surface area contributed by atoms with Crippen LogP contribution in [-0.2, 0) is 11.2 Å². The van der Waals surface area contributed by atoms with E-state index < -0.39 is 0 Å². The van der Waals surface area contributed by atoms with Crippen LogP contribution in [-0.4, -0.2) is 40.5 Å². The number of rotatable bonds is 7. The predicted octanol–water partition coefficient (Wildman–Crippen LogP) is 1.26. The van der Waals surface area contributed by atoms with Gasteiger partial charge in [0.2, 0.25) is 5.91 Å². The fraction of sp³-hybridized carbons (Fsp3) is 0.308. The molecule has 0 aliphatic heterocycles. The van der Waals surface area contributed by atoms with E-state index in [1.165, 1.54) is 18.1 Å². The Morgan fingerprint density at radius 1 is 1.45 bits per heavy atom. The molecule has 0 saturated heterocycles. The van der Waals surface area contributed by atoms with Gasteiger partial charge in [0.15, 0.2) is 5.16 Å². The van der Waals surface area contributed by atoms with Crippen molar-refractivity contribution in [2.24, 2.45) is 0 Å². The first-order valence-corrected chi connectivity index (χ1v) is 7.15. The number of aromatic amines is 1. The minimum Gasteiger partial charge on any atom is -0.496 e. The Bertz CT molecular complexity index is 545. The first kappa shape index (κ1) is 14.4. The summed E-state index contributed by atoms with van der Waals surface area (Å²) >= 11 is 1.32. The zero-order valence-electron chi connectivity index (χ0n) is 11.1. The summed E-state index contributed by atoms with van der Waals surface area (Å²) in [6, 6.07) is 7.79. The lowest BCUT2D eigenvalue weighted by atomic mass is 10.1. The van der Waals surface area contributed by atoms with Crippen LogP contribution < -0.4 is 10.1 Å². The molecule has 0 spiro atoms. The van der Waals surface area contributed by atoms with Crippen LogP contribution in [0.15, 0.2) is 35.7 Å². The van der Waals surface area contributed by atoms with E-state index in [1.807, 2.05) is 24.3 Å². The number of carbonyl (C=O) groups excluding carboxylic acids is 1. The van der Waals surface area contributed by atoms with Crippen LogP contribution in [0.3, 0.4) is 0 Å². The van der Waals surface area contributed by atoms with Gasteiger partial charge in [-0.25, -0.2) is 4.98 Å². The number of para-hydroxylation sites is 1. The third-order valence-electron chi connectivity index (χ3n) is 2.64. The summed E-state index contributed by atoms with van der Waals surface area (Å²) in [6.07, 6.45) is 2.16. The van der Waals surface area contributed by atoms with Crippen LogP contribution in [0.1, 0.15) is 5.56 Å².